The molecule has 1 aromatic heterocycles. The third kappa shape index (κ3) is 3.61. The van der Waals surface area contributed by atoms with Crippen LogP contribution in [0.2, 0.25) is 0 Å². The number of hydrogen-bond donors (Lipinski definition) is 1. The molecule has 7 nitrogen and oxygen atoms in total. The van der Waals surface area contributed by atoms with Crippen molar-refractivity contribution >= 4 is 22.8 Å². The highest BCUT2D eigenvalue weighted by Gasteiger charge is 2.20. The fourth-order valence-electron chi connectivity index (χ4n) is 3.15. The van der Waals surface area contributed by atoms with Crippen molar-refractivity contribution in [2.24, 2.45) is 0 Å². The van der Waals surface area contributed by atoms with Crippen LogP contribution in [0, 0.1) is 0 Å². The van der Waals surface area contributed by atoms with Gasteiger partial charge in [0, 0.05) is 19.5 Å². The average Bonchev–Trinajstić information content (AvgIpc) is 2.87. The van der Waals surface area contributed by atoms with E-state index in [2.05, 4.69) is 10.3 Å². The van der Waals surface area contributed by atoms with Gasteiger partial charge in [0.2, 0.25) is 0 Å². The summed E-state index contributed by atoms with van der Waals surface area (Å²) in [5.74, 6) is -0.188. The van der Waals surface area contributed by atoms with Gasteiger partial charge in [-0.15, -0.1) is 0 Å². The maximum atomic E-state index is 12.7. The number of rotatable bonds is 4. The first-order valence-electron chi connectivity index (χ1n) is 9.03. The molecule has 0 aliphatic carbocycles. The Labute approximate surface area is 151 Å². The van der Waals surface area contributed by atoms with Crippen molar-refractivity contribution in [3.05, 3.63) is 39.9 Å². The number of esters is 1. The Morgan fingerprint density at radius 3 is 2.88 bits per heavy atom. The number of carbonyl (C=O) groups is 2. The zero-order chi connectivity index (χ0) is 18.7. The number of ether oxygens (including phenoxy) is 1. The van der Waals surface area contributed by atoms with Crippen LogP contribution in [0.3, 0.4) is 0 Å². The molecule has 1 aliphatic heterocycles. The number of carbonyl (C=O) groups excluding carboxylic acids is 2. The number of likely N-dealkylation sites (N-methyl/N-ethyl adjacent to an activating group) is 1. The Kier molecular flexibility index (Phi) is 5.35. The maximum Gasteiger partial charge on any atom is 0.338 e. The van der Waals surface area contributed by atoms with E-state index in [1.807, 2.05) is 0 Å². The zero-order valence-corrected chi connectivity index (χ0v) is 15.1. The van der Waals surface area contributed by atoms with Gasteiger partial charge in [0.1, 0.15) is 5.82 Å². The summed E-state index contributed by atoms with van der Waals surface area (Å²) in [6.45, 7) is 4.47. The van der Waals surface area contributed by atoms with E-state index >= 15 is 0 Å². The van der Waals surface area contributed by atoms with Crippen molar-refractivity contribution in [1.82, 2.24) is 14.9 Å². The molecule has 0 saturated heterocycles. The lowest BCUT2D eigenvalue weighted by Gasteiger charge is -2.13. The van der Waals surface area contributed by atoms with Gasteiger partial charge >= 0.3 is 5.97 Å². The van der Waals surface area contributed by atoms with Crippen molar-refractivity contribution in [3.8, 4) is 0 Å². The molecular weight excluding hydrogens is 334 g/mol. The molecule has 0 radical (unpaired) electrons. The minimum absolute atomic E-state index is 0.0671. The van der Waals surface area contributed by atoms with E-state index in [4.69, 9.17) is 4.74 Å². The Balaban J connectivity index is 1.90. The van der Waals surface area contributed by atoms with Crippen LogP contribution in [0.4, 0.5) is 0 Å². The van der Waals surface area contributed by atoms with Crippen LogP contribution in [0.15, 0.2) is 23.0 Å². The number of nitrogens with one attached hydrogen (secondary N) is 1. The second kappa shape index (κ2) is 7.68. The van der Waals surface area contributed by atoms with Gasteiger partial charge in [0.15, 0.2) is 6.10 Å². The number of nitrogens with zero attached hydrogens (tertiary/aromatic N) is 2. The van der Waals surface area contributed by atoms with Crippen LogP contribution in [-0.4, -0.2) is 34.1 Å². The summed E-state index contributed by atoms with van der Waals surface area (Å²) in [6.07, 6.45) is 2.93. The molecule has 0 bridgehead atoms. The van der Waals surface area contributed by atoms with Crippen LogP contribution in [-0.2, 0) is 22.5 Å². The standard InChI is InChI=1S/C19H23N3O4/c1-3-20-17(23)12(2)26-19(25)13-8-9-14-15(11-13)21-16-7-5-4-6-10-22(16)18(14)24/h8-9,11-12H,3-7,10H2,1-2H3,(H,20,23)/t12-/m1/s1. The minimum atomic E-state index is -0.885. The largest absolute Gasteiger partial charge is 0.449 e. The molecule has 1 aliphatic rings. The fraction of sp³-hybridized carbons (Fsp3) is 0.474. The van der Waals surface area contributed by atoms with E-state index in [0.29, 0.717) is 24.0 Å². The normalized spacial score (nSPS) is 15.0. The van der Waals surface area contributed by atoms with Crippen molar-refractivity contribution in [2.45, 2.75) is 52.2 Å². The van der Waals surface area contributed by atoms with Gasteiger partial charge in [-0.05, 0) is 44.9 Å². The molecule has 7 heteroatoms. The third-order valence-corrected chi connectivity index (χ3v) is 4.56. The summed E-state index contributed by atoms with van der Waals surface area (Å²) in [5, 5.41) is 3.10. The lowest BCUT2D eigenvalue weighted by atomic mass is 10.1. The molecule has 2 aromatic rings. The van der Waals surface area contributed by atoms with E-state index in [0.717, 1.165) is 31.5 Å². The molecule has 1 aromatic carbocycles. The summed E-state index contributed by atoms with van der Waals surface area (Å²) in [6, 6.07) is 4.72. The van der Waals surface area contributed by atoms with Crippen molar-refractivity contribution in [2.75, 3.05) is 6.54 Å². The van der Waals surface area contributed by atoms with Gasteiger partial charge in [-0.25, -0.2) is 9.78 Å². The average molecular weight is 357 g/mol. The molecule has 1 N–H and O–H groups in total. The van der Waals surface area contributed by atoms with Gasteiger partial charge in [-0.3, -0.25) is 14.2 Å². The second-order valence-electron chi connectivity index (χ2n) is 6.47. The van der Waals surface area contributed by atoms with Gasteiger partial charge in [0.25, 0.3) is 11.5 Å². The SMILES string of the molecule is CCNC(=O)[C@@H](C)OC(=O)c1ccc2c(=O)n3c(nc2c1)CCCCC3. The van der Waals surface area contributed by atoms with Crippen molar-refractivity contribution in [3.63, 3.8) is 0 Å². The summed E-state index contributed by atoms with van der Waals surface area (Å²) in [7, 11) is 0. The van der Waals surface area contributed by atoms with E-state index in [1.165, 1.54) is 6.92 Å². The van der Waals surface area contributed by atoms with Gasteiger partial charge < -0.3 is 10.1 Å². The number of hydrogen-bond acceptors (Lipinski definition) is 5. The number of fused-ring (bicyclic) bond motifs is 2. The first-order valence-corrected chi connectivity index (χ1v) is 9.03. The first kappa shape index (κ1) is 18.1. The predicted octanol–water partition coefficient (Wildman–Crippen LogP) is 1.80. The minimum Gasteiger partial charge on any atom is -0.449 e. The van der Waals surface area contributed by atoms with Gasteiger partial charge in [0.05, 0.1) is 16.5 Å². The van der Waals surface area contributed by atoms with Crippen LogP contribution in [0.5, 0.6) is 0 Å². The lowest BCUT2D eigenvalue weighted by molar-refractivity contribution is -0.128. The Hall–Kier alpha value is -2.70. The Morgan fingerprint density at radius 1 is 1.31 bits per heavy atom. The van der Waals surface area contributed by atoms with E-state index < -0.39 is 12.1 Å². The molecule has 26 heavy (non-hydrogen) atoms. The molecule has 138 valence electrons. The lowest BCUT2D eigenvalue weighted by Crippen LogP contribution is -2.35. The molecule has 0 saturated carbocycles. The van der Waals surface area contributed by atoms with Crippen molar-refractivity contribution in [1.29, 1.82) is 0 Å². The molecule has 0 spiro atoms. The van der Waals surface area contributed by atoms with Gasteiger partial charge in [-0.1, -0.05) is 6.42 Å². The molecule has 0 fully saturated rings. The van der Waals surface area contributed by atoms with Crippen LogP contribution < -0.4 is 10.9 Å². The van der Waals surface area contributed by atoms with E-state index in [9.17, 15) is 14.4 Å². The molecule has 1 amide bonds. The molecule has 0 unspecified atom stereocenters. The molecule has 3 rings (SSSR count). The summed E-state index contributed by atoms with van der Waals surface area (Å²) in [4.78, 5) is 41.3. The maximum absolute atomic E-state index is 12.7. The van der Waals surface area contributed by atoms with Gasteiger partial charge in [-0.2, -0.15) is 0 Å². The van der Waals surface area contributed by atoms with E-state index in [-0.39, 0.29) is 17.0 Å². The summed E-state index contributed by atoms with van der Waals surface area (Å²) >= 11 is 0. The molecule has 1 atom stereocenters. The Bertz CT molecular complexity index is 904. The monoisotopic (exact) mass is 357 g/mol. The van der Waals surface area contributed by atoms with Crippen LogP contribution in [0.1, 0.15) is 49.3 Å². The number of benzene rings is 1. The van der Waals surface area contributed by atoms with Crippen LogP contribution in [0.25, 0.3) is 10.9 Å². The van der Waals surface area contributed by atoms with Crippen LogP contribution >= 0.6 is 0 Å². The smallest absolute Gasteiger partial charge is 0.338 e. The second-order valence-corrected chi connectivity index (χ2v) is 6.47. The third-order valence-electron chi connectivity index (χ3n) is 4.56. The predicted molar refractivity (Wildman–Crippen MR) is 97.1 cm³/mol. The quantitative estimate of drug-likeness (QED) is 0.843. The topological polar surface area (TPSA) is 90.3 Å². The molecule has 2 heterocycles. The fourth-order valence-corrected chi connectivity index (χ4v) is 3.15. The highest BCUT2D eigenvalue weighted by molar-refractivity contribution is 5.95. The number of aromatic nitrogens is 2. The number of aryl methyl sites for hydroxylation is 1. The Morgan fingerprint density at radius 2 is 2.12 bits per heavy atom. The molecular formula is C19H23N3O4. The zero-order valence-electron chi connectivity index (χ0n) is 15.1. The first-order chi connectivity index (χ1) is 12.5. The summed E-state index contributed by atoms with van der Waals surface area (Å²) < 4.78 is 6.94. The highest BCUT2D eigenvalue weighted by Crippen LogP contribution is 2.17. The summed E-state index contributed by atoms with van der Waals surface area (Å²) in [5.41, 5.74) is 0.699. The van der Waals surface area contributed by atoms with E-state index in [1.54, 1.807) is 29.7 Å². The highest BCUT2D eigenvalue weighted by atomic mass is 16.5. The number of amides is 1. The van der Waals surface area contributed by atoms with Crippen molar-refractivity contribution < 1.29 is 14.3 Å².